The Labute approximate surface area is 120 Å². The molecule has 1 aliphatic rings. The largest absolute Gasteiger partial charge is 0.384 e. The van der Waals surface area contributed by atoms with Crippen LogP contribution in [0.1, 0.15) is 28.8 Å². The second-order valence-corrected chi connectivity index (χ2v) is 4.40. The summed E-state index contributed by atoms with van der Waals surface area (Å²) in [4.78, 5) is 38.5. The lowest BCUT2D eigenvalue weighted by Crippen LogP contribution is -2.52. The average molecular weight is 287 g/mol. The number of rotatable bonds is 2. The van der Waals surface area contributed by atoms with Crippen LogP contribution in [0, 0.1) is 11.8 Å². The molecule has 2 heterocycles. The Morgan fingerprint density at radius 1 is 1.48 bits per heavy atom. The summed E-state index contributed by atoms with van der Waals surface area (Å²) in [5.74, 6) is 3.78. The van der Waals surface area contributed by atoms with E-state index < -0.39 is 17.9 Å². The van der Waals surface area contributed by atoms with Crippen molar-refractivity contribution in [3.05, 3.63) is 29.6 Å². The lowest BCUT2D eigenvalue weighted by Gasteiger charge is -2.21. The SMILES string of the molecule is O=C1CCC(NC(=O)c2cncc(C#CCO)c2)C(=O)N1. The Bertz CT molecular complexity index is 645. The second kappa shape index (κ2) is 6.63. The van der Waals surface area contributed by atoms with E-state index in [1.165, 1.54) is 18.5 Å². The average Bonchev–Trinajstić information content (AvgIpc) is 2.48. The van der Waals surface area contributed by atoms with E-state index in [0.29, 0.717) is 5.56 Å². The van der Waals surface area contributed by atoms with Crippen molar-refractivity contribution in [1.82, 2.24) is 15.6 Å². The molecule has 2 rings (SSSR count). The number of aliphatic hydroxyl groups is 1. The topological polar surface area (TPSA) is 108 Å². The second-order valence-electron chi connectivity index (χ2n) is 4.40. The maximum Gasteiger partial charge on any atom is 0.253 e. The first-order valence-electron chi connectivity index (χ1n) is 6.29. The monoisotopic (exact) mass is 287 g/mol. The van der Waals surface area contributed by atoms with E-state index in [9.17, 15) is 14.4 Å². The maximum absolute atomic E-state index is 12.1. The molecule has 1 aliphatic heterocycles. The van der Waals surface area contributed by atoms with E-state index in [1.807, 2.05) is 0 Å². The molecule has 7 heteroatoms. The third-order valence-corrected chi connectivity index (χ3v) is 2.86. The molecule has 3 amide bonds. The van der Waals surface area contributed by atoms with E-state index in [0.717, 1.165) is 0 Å². The number of amides is 3. The van der Waals surface area contributed by atoms with E-state index in [-0.39, 0.29) is 30.9 Å². The van der Waals surface area contributed by atoms with E-state index in [4.69, 9.17) is 5.11 Å². The van der Waals surface area contributed by atoms with Gasteiger partial charge in [0.05, 0.1) is 5.56 Å². The predicted octanol–water partition coefficient (Wildman–Crippen LogP) is -1.04. The number of hydrogen-bond donors (Lipinski definition) is 3. The fourth-order valence-electron chi connectivity index (χ4n) is 1.85. The molecule has 1 aromatic heterocycles. The van der Waals surface area contributed by atoms with Crippen molar-refractivity contribution >= 4 is 17.7 Å². The maximum atomic E-state index is 12.1. The minimum Gasteiger partial charge on any atom is -0.384 e. The zero-order chi connectivity index (χ0) is 15.2. The van der Waals surface area contributed by atoms with Crippen LogP contribution < -0.4 is 10.6 Å². The Kier molecular flexibility index (Phi) is 4.64. The normalized spacial score (nSPS) is 17.5. The Morgan fingerprint density at radius 3 is 3.00 bits per heavy atom. The number of pyridine rings is 1. The smallest absolute Gasteiger partial charge is 0.253 e. The van der Waals surface area contributed by atoms with Crippen LogP contribution in [-0.2, 0) is 9.59 Å². The van der Waals surface area contributed by atoms with Gasteiger partial charge in [-0.3, -0.25) is 24.7 Å². The lowest BCUT2D eigenvalue weighted by atomic mass is 10.1. The molecule has 1 saturated heterocycles. The third-order valence-electron chi connectivity index (χ3n) is 2.86. The van der Waals surface area contributed by atoms with Crippen LogP contribution in [-0.4, -0.2) is 40.5 Å². The quantitative estimate of drug-likeness (QED) is 0.475. The number of imide groups is 1. The standard InChI is InChI=1S/C14H13N3O4/c18-5-1-2-9-6-10(8-15-7-9)13(20)16-11-3-4-12(19)17-14(11)21/h6-8,11,18H,3-5H2,(H,16,20)(H,17,19,21). The molecule has 0 bridgehead atoms. The van der Waals surface area contributed by atoms with E-state index in [1.54, 1.807) is 0 Å². The first-order chi connectivity index (χ1) is 10.1. The molecule has 0 aliphatic carbocycles. The van der Waals surface area contributed by atoms with Crippen molar-refractivity contribution in [2.75, 3.05) is 6.61 Å². The third kappa shape index (κ3) is 3.87. The fraction of sp³-hybridized carbons (Fsp3) is 0.286. The van der Waals surface area contributed by atoms with Crippen molar-refractivity contribution in [3.8, 4) is 11.8 Å². The molecule has 3 N–H and O–H groups in total. The van der Waals surface area contributed by atoms with Crippen LogP contribution in [0.25, 0.3) is 0 Å². The van der Waals surface area contributed by atoms with Gasteiger partial charge in [0.1, 0.15) is 12.6 Å². The number of aliphatic hydroxyl groups excluding tert-OH is 1. The molecule has 7 nitrogen and oxygen atoms in total. The number of nitrogens with one attached hydrogen (secondary N) is 2. The van der Waals surface area contributed by atoms with Crippen molar-refractivity contribution in [2.45, 2.75) is 18.9 Å². The number of carbonyl (C=O) groups excluding carboxylic acids is 3. The minimum atomic E-state index is -0.734. The van der Waals surface area contributed by atoms with Crippen molar-refractivity contribution in [1.29, 1.82) is 0 Å². The van der Waals surface area contributed by atoms with Crippen LogP contribution >= 0.6 is 0 Å². The molecule has 1 atom stereocenters. The highest BCUT2D eigenvalue weighted by atomic mass is 16.2. The summed E-state index contributed by atoms with van der Waals surface area (Å²) < 4.78 is 0. The van der Waals surface area contributed by atoms with Gasteiger partial charge in [0.15, 0.2) is 0 Å². The Hall–Kier alpha value is -2.72. The van der Waals surface area contributed by atoms with Gasteiger partial charge in [-0.05, 0) is 12.5 Å². The molecular weight excluding hydrogens is 274 g/mol. The first-order valence-corrected chi connectivity index (χ1v) is 6.29. The molecule has 0 aromatic carbocycles. The zero-order valence-corrected chi connectivity index (χ0v) is 11.0. The van der Waals surface area contributed by atoms with Gasteiger partial charge in [0, 0.05) is 24.4 Å². The van der Waals surface area contributed by atoms with Gasteiger partial charge in [0.2, 0.25) is 11.8 Å². The highest BCUT2D eigenvalue weighted by Gasteiger charge is 2.28. The molecule has 1 aromatic rings. The highest BCUT2D eigenvalue weighted by Crippen LogP contribution is 2.07. The van der Waals surface area contributed by atoms with Crippen LogP contribution in [0.4, 0.5) is 0 Å². The number of piperidine rings is 1. The molecule has 1 unspecified atom stereocenters. The minimum absolute atomic E-state index is 0.191. The van der Waals surface area contributed by atoms with Gasteiger partial charge in [0.25, 0.3) is 5.91 Å². The summed E-state index contributed by atoms with van der Waals surface area (Å²) in [5, 5.41) is 13.3. The number of hydrogen-bond acceptors (Lipinski definition) is 5. The summed E-state index contributed by atoms with van der Waals surface area (Å²) in [7, 11) is 0. The van der Waals surface area contributed by atoms with Gasteiger partial charge >= 0.3 is 0 Å². The highest BCUT2D eigenvalue weighted by molar-refractivity contribution is 6.03. The van der Waals surface area contributed by atoms with Gasteiger partial charge in [-0.15, -0.1) is 0 Å². The number of aromatic nitrogens is 1. The van der Waals surface area contributed by atoms with Gasteiger partial charge in [-0.2, -0.15) is 0 Å². The van der Waals surface area contributed by atoms with E-state index >= 15 is 0 Å². The van der Waals surface area contributed by atoms with Gasteiger partial charge < -0.3 is 10.4 Å². The summed E-state index contributed by atoms with van der Waals surface area (Å²) in [5.41, 5.74) is 0.740. The fourth-order valence-corrected chi connectivity index (χ4v) is 1.85. The van der Waals surface area contributed by atoms with Crippen LogP contribution in [0.2, 0.25) is 0 Å². The molecule has 0 radical (unpaired) electrons. The van der Waals surface area contributed by atoms with Gasteiger partial charge in [-0.1, -0.05) is 11.8 Å². The van der Waals surface area contributed by atoms with Crippen molar-refractivity contribution in [3.63, 3.8) is 0 Å². The summed E-state index contributed by atoms with van der Waals surface area (Å²) >= 11 is 0. The molecule has 1 fully saturated rings. The molecular formula is C14H13N3O4. The zero-order valence-electron chi connectivity index (χ0n) is 11.0. The van der Waals surface area contributed by atoms with Crippen molar-refractivity contribution in [2.24, 2.45) is 0 Å². The molecule has 21 heavy (non-hydrogen) atoms. The summed E-state index contributed by atoms with van der Waals surface area (Å²) in [6, 6.07) is 0.777. The number of carbonyl (C=O) groups is 3. The summed E-state index contributed by atoms with van der Waals surface area (Å²) in [6.07, 6.45) is 3.28. The predicted molar refractivity (Wildman–Crippen MR) is 71.8 cm³/mol. The van der Waals surface area contributed by atoms with Crippen molar-refractivity contribution < 1.29 is 19.5 Å². The van der Waals surface area contributed by atoms with Crippen LogP contribution in [0.3, 0.4) is 0 Å². The summed E-state index contributed by atoms with van der Waals surface area (Å²) in [6.45, 7) is -0.285. The first kappa shape index (κ1) is 14.7. The molecule has 0 saturated carbocycles. The Morgan fingerprint density at radius 2 is 2.29 bits per heavy atom. The van der Waals surface area contributed by atoms with E-state index in [2.05, 4.69) is 27.5 Å². The molecule has 0 spiro atoms. The van der Waals surface area contributed by atoms with Crippen LogP contribution in [0.15, 0.2) is 18.5 Å². The number of nitrogens with zero attached hydrogens (tertiary/aromatic N) is 1. The Balaban J connectivity index is 2.06. The van der Waals surface area contributed by atoms with Gasteiger partial charge in [-0.25, -0.2) is 0 Å². The molecule has 108 valence electrons. The van der Waals surface area contributed by atoms with Crippen LogP contribution in [0.5, 0.6) is 0 Å². The lowest BCUT2D eigenvalue weighted by molar-refractivity contribution is -0.134.